The zero-order valence-electron chi connectivity index (χ0n) is 16.1. The van der Waals surface area contributed by atoms with E-state index in [0.29, 0.717) is 6.54 Å². The van der Waals surface area contributed by atoms with E-state index >= 15 is 0 Å². The van der Waals surface area contributed by atoms with E-state index in [2.05, 4.69) is 17.2 Å². The number of carbonyl (C=O) groups is 3. The second-order valence-electron chi connectivity index (χ2n) is 7.16. The molecule has 152 valence electrons. The van der Waals surface area contributed by atoms with Gasteiger partial charge in [0.05, 0.1) is 18.8 Å². The lowest BCUT2D eigenvalue weighted by molar-refractivity contribution is -0.132. The largest absolute Gasteiger partial charge is 0.444 e. The van der Waals surface area contributed by atoms with Crippen molar-refractivity contribution in [3.8, 4) is 0 Å². The van der Waals surface area contributed by atoms with E-state index < -0.39 is 35.4 Å². The highest BCUT2D eigenvalue weighted by molar-refractivity contribution is 6.00. The number of morpholine rings is 1. The van der Waals surface area contributed by atoms with Crippen LogP contribution in [0.25, 0.3) is 0 Å². The summed E-state index contributed by atoms with van der Waals surface area (Å²) in [5.74, 6) is -1.73. The SMILES string of the molecule is C=CC(=O)Nc1cc(NC(=O)[C@H]2CN(C(=O)OC(C)(C)C)CCO2)ccc1F. The van der Waals surface area contributed by atoms with Gasteiger partial charge in [0.1, 0.15) is 11.4 Å². The molecular weight excluding hydrogens is 369 g/mol. The first-order valence-corrected chi connectivity index (χ1v) is 8.72. The molecule has 2 rings (SSSR count). The number of amides is 3. The Labute approximate surface area is 162 Å². The molecule has 28 heavy (non-hydrogen) atoms. The van der Waals surface area contributed by atoms with Gasteiger partial charge in [-0.1, -0.05) is 6.58 Å². The highest BCUT2D eigenvalue weighted by Crippen LogP contribution is 2.21. The van der Waals surface area contributed by atoms with Crippen molar-refractivity contribution in [1.29, 1.82) is 0 Å². The van der Waals surface area contributed by atoms with Crippen LogP contribution in [0.5, 0.6) is 0 Å². The topological polar surface area (TPSA) is 97.0 Å². The van der Waals surface area contributed by atoms with Gasteiger partial charge in [0.15, 0.2) is 6.10 Å². The van der Waals surface area contributed by atoms with E-state index in [4.69, 9.17) is 9.47 Å². The second-order valence-corrected chi connectivity index (χ2v) is 7.16. The molecule has 1 aromatic carbocycles. The van der Waals surface area contributed by atoms with Crippen LogP contribution >= 0.6 is 0 Å². The van der Waals surface area contributed by atoms with Crippen LogP contribution in [0, 0.1) is 5.82 Å². The Kier molecular flexibility index (Phi) is 6.74. The number of hydrogen-bond acceptors (Lipinski definition) is 5. The van der Waals surface area contributed by atoms with Crippen LogP contribution < -0.4 is 10.6 Å². The molecule has 1 aliphatic heterocycles. The van der Waals surface area contributed by atoms with E-state index in [0.717, 1.165) is 12.1 Å². The van der Waals surface area contributed by atoms with E-state index in [-0.39, 0.29) is 24.5 Å². The van der Waals surface area contributed by atoms with Crippen molar-refractivity contribution < 1.29 is 28.2 Å². The molecule has 1 aromatic rings. The predicted molar refractivity (Wildman–Crippen MR) is 101 cm³/mol. The van der Waals surface area contributed by atoms with Crippen molar-refractivity contribution in [3.63, 3.8) is 0 Å². The lowest BCUT2D eigenvalue weighted by atomic mass is 10.2. The third-order valence-corrected chi connectivity index (χ3v) is 3.69. The number of ether oxygens (including phenoxy) is 2. The molecular formula is C19H24FN3O5. The van der Waals surface area contributed by atoms with E-state index in [9.17, 15) is 18.8 Å². The van der Waals surface area contributed by atoms with E-state index in [1.807, 2.05) is 0 Å². The molecule has 0 aliphatic carbocycles. The fourth-order valence-electron chi connectivity index (χ4n) is 2.41. The second kappa shape index (κ2) is 8.83. The molecule has 8 nitrogen and oxygen atoms in total. The zero-order valence-corrected chi connectivity index (χ0v) is 16.1. The van der Waals surface area contributed by atoms with Gasteiger partial charge in [-0.25, -0.2) is 9.18 Å². The van der Waals surface area contributed by atoms with Crippen LogP contribution in [0.4, 0.5) is 20.6 Å². The van der Waals surface area contributed by atoms with Crippen LogP contribution in [0.2, 0.25) is 0 Å². The van der Waals surface area contributed by atoms with Crippen molar-refractivity contribution in [2.45, 2.75) is 32.5 Å². The highest BCUT2D eigenvalue weighted by Gasteiger charge is 2.31. The Morgan fingerprint density at radius 3 is 2.68 bits per heavy atom. The van der Waals surface area contributed by atoms with Crippen molar-refractivity contribution in [3.05, 3.63) is 36.7 Å². The third-order valence-electron chi connectivity index (χ3n) is 3.69. The number of rotatable bonds is 4. The lowest BCUT2D eigenvalue weighted by Gasteiger charge is -2.33. The molecule has 1 heterocycles. The maximum atomic E-state index is 13.8. The number of nitrogens with one attached hydrogen (secondary N) is 2. The smallest absolute Gasteiger partial charge is 0.410 e. The normalized spacial score (nSPS) is 16.9. The molecule has 1 saturated heterocycles. The molecule has 0 spiro atoms. The molecule has 3 amide bonds. The van der Waals surface area contributed by atoms with Gasteiger partial charge in [-0.2, -0.15) is 0 Å². The zero-order chi connectivity index (χ0) is 20.9. The Hall–Kier alpha value is -2.94. The monoisotopic (exact) mass is 393 g/mol. The summed E-state index contributed by atoms with van der Waals surface area (Å²) in [6, 6.07) is 3.75. The standard InChI is InChI=1S/C19H24FN3O5/c1-5-16(24)22-14-10-12(6-7-13(14)20)21-17(25)15-11-23(8-9-27-15)18(26)28-19(2,3)4/h5-7,10,15H,1,8-9,11H2,2-4H3,(H,21,25)(H,22,24)/t15-/m1/s1. The fourth-order valence-corrected chi connectivity index (χ4v) is 2.41. The number of benzene rings is 1. The van der Waals surface area contributed by atoms with E-state index in [1.54, 1.807) is 20.8 Å². The van der Waals surface area contributed by atoms with Gasteiger partial charge in [-0.15, -0.1) is 0 Å². The summed E-state index contributed by atoms with van der Waals surface area (Å²) in [7, 11) is 0. The lowest BCUT2D eigenvalue weighted by Crippen LogP contribution is -2.51. The van der Waals surface area contributed by atoms with Gasteiger partial charge in [-0.3, -0.25) is 9.59 Å². The minimum absolute atomic E-state index is 0.0298. The summed E-state index contributed by atoms with van der Waals surface area (Å²) in [4.78, 5) is 37.4. The summed E-state index contributed by atoms with van der Waals surface area (Å²) in [6.45, 7) is 9.09. The van der Waals surface area contributed by atoms with Crippen LogP contribution in [0.1, 0.15) is 20.8 Å². The quantitative estimate of drug-likeness (QED) is 0.767. The van der Waals surface area contributed by atoms with E-state index in [1.165, 1.54) is 17.0 Å². The average molecular weight is 393 g/mol. The first kappa shape index (κ1) is 21.4. The maximum Gasteiger partial charge on any atom is 0.410 e. The predicted octanol–water partition coefficient (Wildman–Crippen LogP) is 2.52. The molecule has 9 heteroatoms. The molecule has 0 radical (unpaired) electrons. The molecule has 0 unspecified atom stereocenters. The highest BCUT2D eigenvalue weighted by atomic mass is 19.1. The van der Waals surface area contributed by atoms with Gasteiger partial charge in [0, 0.05) is 12.2 Å². The molecule has 1 atom stereocenters. The minimum atomic E-state index is -0.905. The van der Waals surface area contributed by atoms with Gasteiger partial charge in [0.25, 0.3) is 5.91 Å². The van der Waals surface area contributed by atoms with Crippen LogP contribution in [0.15, 0.2) is 30.9 Å². The number of anilines is 2. The molecule has 2 N–H and O–H groups in total. The minimum Gasteiger partial charge on any atom is -0.444 e. The Bertz CT molecular complexity index is 775. The number of nitrogens with zero attached hydrogens (tertiary/aromatic N) is 1. The molecule has 1 aliphatic rings. The molecule has 0 bridgehead atoms. The van der Waals surface area contributed by atoms with Crippen LogP contribution in [-0.4, -0.2) is 54.2 Å². The van der Waals surface area contributed by atoms with Gasteiger partial charge >= 0.3 is 6.09 Å². The fraction of sp³-hybridized carbons (Fsp3) is 0.421. The van der Waals surface area contributed by atoms with Crippen LogP contribution in [-0.2, 0) is 19.1 Å². The third kappa shape index (κ3) is 6.05. The number of halogens is 1. The first-order valence-electron chi connectivity index (χ1n) is 8.72. The number of carbonyl (C=O) groups excluding carboxylic acids is 3. The first-order chi connectivity index (χ1) is 13.1. The van der Waals surface area contributed by atoms with Crippen molar-refractivity contribution in [1.82, 2.24) is 4.90 Å². The summed E-state index contributed by atoms with van der Waals surface area (Å²) in [5.41, 5.74) is -0.473. The molecule has 0 saturated carbocycles. The van der Waals surface area contributed by atoms with Gasteiger partial charge < -0.3 is 25.0 Å². The number of hydrogen-bond donors (Lipinski definition) is 2. The summed E-state index contributed by atoms with van der Waals surface area (Å²) in [6.07, 6.45) is -0.423. The summed E-state index contributed by atoms with van der Waals surface area (Å²) in [5, 5.41) is 4.90. The van der Waals surface area contributed by atoms with Crippen molar-refractivity contribution in [2.24, 2.45) is 0 Å². The Morgan fingerprint density at radius 2 is 2.04 bits per heavy atom. The summed E-state index contributed by atoms with van der Waals surface area (Å²) >= 11 is 0. The van der Waals surface area contributed by atoms with Crippen molar-refractivity contribution in [2.75, 3.05) is 30.3 Å². The maximum absolute atomic E-state index is 13.8. The summed E-state index contributed by atoms with van der Waals surface area (Å²) < 4.78 is 24.5. The van der Waals surface area contributed by atoms with Crippen LogP contribution in [0.3, 0.4) is 0 Å². The van der Waals surface area contributed by atoms with Gasteiger partial charge in [-0.05, 0) is 45.0 Å². The van der Waals surface area contributed by atoms with Crippen molar-refractivity contribution >= 4 is 29.3 Å². The Morgan fingerprint density at radius 1 is 1.32 bits per heavy atom. The molecule has 1 fully saturated rings. The average Bonchev–Trinajstić information content (AvgIpc) is 2.63. The molecule has 0 aromatic heterocycles. The Balaban J connectivity index is 2.02. The van der Waals surface area contributed by atoms with Gasteiger partial charge in [0.2, 0.25) is 5.91 Å².